The van der Waals surface area contributed by atoms with Gasteiger partial charge in [-0.05, 0) is 45.7 Å². The molecule has 0 heterocycles. The maximum atomic E-state index is 12.2. The van der Waals surface area contributed by atoms with E-state index in [1.807, 2.05) is 30.3 Å². The van der Waals surface area contributed by atoms with Crippen LogP contribution in [0.1, 0.15) is 32.8 Å². The maximum absolute atomic E-state index is 12.2. The molecule has 0 aliphatic rings. The van der Waals surface area contributed by atoms with E-state index in [-0.39, 0.29) is 13.0 Å². The van der Waals surface area contributed by atoms with E-state index in [0.29, 0.717) is 6.42 Å². The topological polar surface area (TPSA) is 122 Å². The second-order valence-electron chi connectivity index (χ2n) is 7.03. The summed E-state index contributed by atoms with van der Waals surface area (Å²) in [5.74, 6) is -3.12. The van der Waals surface area contributed by atoms with Gasteiger partial charge in [-0.3, -0.25) is 14.4 Å². The van der Waals surface area contributed by atoms with Crippen molar-refractivity contribution in [2.45, 2.75) is 45.3 Å². The molecule has 2 unspecified atom stereocenters. The Hall–Kier alpha value is -2.25. The number of carbonyl (C=O) groups is 3. The first-order valence-electron chi connectivity index (χ1n) is 8.56. The van der Waals surface area contributed by atoms with Gasteiger partial charge in [0.1, 0.15) is 5.60 Å². The number of rotatable bonds is 9. The highest BCUT2D eigenvalue weighted by atomic mass is 16.6. The van der Waals surface area contributed by atoms with Crippen LogP contribution < -0.4 is 11.5 Å². The molecule has 0 bridgehead atoms. The molecule has 0 aliphatic carbocycles. The first-order valence-corrected chi connectivity index (χ1v) is 8.56. The van der Waals surface area contributed by atoms with E-state index in [9.17, 15) is 14.4 Å². The normalized spacial score (nSPS) is 13.6. The SMILES string of the molecule is CC(C)(C)OC(=O)C(CCN)C(=O)OCC(=O)C(N)Cc1ccccc1. The van der Waals surface area contributed by atoms with Gasteiger partial charge in [0, 0.05) is 0 Å². The fraction of sp³-hybridized carbons (Fsp3) is 0.526. The van der Waals surface area contributed by atoms with Crippen molar-refractivity contribution in [3.05, 3.63) is 35.9 Å². The highest BCUT2D eigenvalue weighted by Gasteiger charge is 2.32. The number of hydrogen-bond donors (Lipinski definition) is 2. The Balaban J connectivity index is 2.57. The smallest absolute Gasteiger partial charge is 0.320 e. The van der Waals surface area contributed by atoms with Crippen molar-refractivity contribution in [2.24, 2.45) is 17.4 Å². The number of ketones is 1. The molecule has 26 heavy (non-hydrogen) atoms. The Bertz CT molecular complexity index is 610. The predicted molar refractivity (Wildman–Crippen MR) is 97.1 cm³/mol. The lowest BCUT2D eigenvalue weighted by atomic mass is 10.0. The van der Waals surface area contributed by atoms with Crippen LogP contribution >= 0.6 is 0 Å². The van der Waals surface area contributed by atoms with Gasteiger partial charge in [-0.25, -0.2) is 0 Å². The maximum Gasteiger partial charge on any atom is 0.320 e. The number of Topliss-reactive ketones (excluding diaryl/α,β-unsaturated/α-hetero) is 1. The Kier molecular flexibility index (Phi) is 8.41. The minimum atomic E-state index is -1.16. The average molecular weight is 364 g/mol. The third-order valence-corrected chi connectivity index (χ3v) is 3.50. The minimum Gasteiger partial charge on any atom is -0.459 e. The summed E-state index contributed by atoms with van der Waals surface area (Å²) in [7, 11) is 0. The fourth-order valence-corrected chi connectivity index (χ4v) is 2.20. The summed E-state index contributed by atoms with van der Waals surface area (Å²) < 4.78 is 10.2. The molecule has 1 aromatic rings. The van der Waals surface area contributed by atoms with Crippen molar-refractivity contribution in [3.63, 3.8) is 0 Å². The second kappa shape index (κ2) is 10.0. The van der Waals surface area contributed by atoms with E-state index < -0.39 is 41.9 Å². The first-order chi connectivity index (χ1) is 12.1. The molecule has 0 fully saturated rings. The van der Waals surface area contributed by atoms with E-state index in [0.717, 1.165) is 5.56 Å². The molecule has 7 heteroatoms. The predicted octanol–water partition coefficient (Wildman–Crippen LogP) is 0.975. The van der Waals surface area contributed by atoms with Gasteiger partial charge in [-0.1, -0.05) is 30.3 Å². The van der Waals surface area contributed by atoms with Gasteiger partial charge in [0.2, 0.25) is 0 Å². The number of nitrogens with two attached hydrogens (primary N) is 2. The summed E-state index contributed by atoms with van der Waals surface area (Å²) >= 11 is 0. The van der Waals surface area contributed by atoms with E-state index in [1.165, 1.54) is 0 Å². The minimum absolute atomic E-state index is 0.0814. The number of esters is 2. The van der Waals surface area contributed by atoms with Crippen LogP contribution in [-0.2, 0) is 30.3 Å². The highest BCUT2D eigenvalue weighted by Crippen LogP contribution is 2.15. The fourth-order valence-electron chi connectivity index (χ4n) is 2.20. The summed E-state index contributed by atoms with van der Waals surface area (Å²) in [4.78, 5) is 36.4. The number of ether oxygens (including phenoxy) is 2. The van der Waals surface area contributed by atoms with Gasteiger partial charge in [0.05, 0.1) is 6.04 Å². The quantitative estimate of drug-likeness (QED) is 0.494. The van der Waals surface area contributed by atoms with Crippen LogP contribution in [0.3, 0.4) is 0 Å². The Labute approximate surface area is 154 Å². The van der Waals surface area contributed by atoms with Crippen LogP contribution in [0.5, 0.6) is 0 Å². The van der Waals surface area contributed by atoms with Gasteiger partial charge in [-0.15, -0.1) is 0 Å². The zero-order valence-corrected chi connectivity index (χ0v) is 15.6. The molecule has 0 radical (unpaired) electrons. The molecule has 0 amide bonds. The third kappa shape index (κ3) is 7.76. The Morgan fingerprint density at radius 1 is 1.08 bits per heavy atom. The summed E-state index contributed by atoms with van der Waals surface area (Å²) in [6.45, 7) is 4.71. The van der Waals surface area contributed by atoms with Crippen LogP contribution in [-0.4, -0.2) is 42.5 Å². The van der Waals surface area contributed by atoms with E-state index in [4.69, 9.17) is 20.9 Å². The van der Waals surface area contributed by atoms with E-state index in [1.54, 1.807) is 20.8 Å². The lowest BCUT2D eigenvalue weighted by molar-refractivity contribution is -0.170. The molecule has 144 valence electrons. The summed E-state index contributed by atoms with van der Waals surface area (Å²) in [6, 6.07) is 8.50. The van der Waals surface area contributed by atoms with Crippen LogP contribution in [0.25, 0.3) is 0 Å². The highest BCUT2D eigenvalue weighted by molar-refractivity contribution is 5.96. The first kappa shape index (κ1) is 21.8. The zero-order chi connectivity index (χ0) is 19.7. The average Bonchev–Trinajstić information content (AvgIpc) is 2.56. The monoisotopic (exact) mass is 364 g/mol. The number of hydrogen-bond acceptors (Lipinski definition) is 7. The van der Waals surface area contributed by atoms with Crippen molar-refractivity contribution in [1.29, 1.82) is 0 Å². The Morgan fingerprint density at radius 2 is 1.69 bits per heavy atom. The lowest BCUT2D eigenvalue weighted by Gasteiger charge is -2.23. The van der Waals surface area contributed by atoms with E-state index >= 15 is 0 Å². The van der Waals surface area contributed by atoms with Crippen LogP contribution in [0.2, 0.25) is 0 Å². The number of benzene rings is 1. The zero-order valence-electron chi connectivity index (χ0n) is 15.6. The van der Waals surface area contributed by atoms with Crippen molar-refractivity contribution < 1.29 is 23.9 Å². The lowest BCUT2D eigenvalue weighted by Crippen LogP contribution is -2.39. The van der Waals surface area contributed by atoms with Crippen LogP contribution in [0, 0.1) is 5.92 Å². The largest absolute Gasteiger partial charge is 0.459 e. The van der Waals surface area contributed by atoms with Gasteiger partial charge in [0.25, 0.3) is 0 Å². The van der Waals surface area contributed by atoms with Crippen molar-refractivity contribution in [1.82, 2.24) is 0 Å². The summed E-state index contributed by atoms with van der Waals surface area (Å²) in [5, 5.41) is 0. The van der Waals surface area contributed by atoms with Gasteiger partial charge >= 0.3 is 11.9 Å². The molecule has 0 saturated heterocycles. The molecule has 0 aliphatic heterocycles. The molecule has 2 atom stereocenters. The molecule has 1 aromatic carbocycles. The summed E-state index contributed by atoms with van der Waals surface area (Å²) in [6.07, 6.45) is 0.424. The molecule has 7 nitrogen and oxygen atoms in total. The molecule has 0 aromatic heterocycles. The van der Waals surface area contributed by atoms with Crippen LogP contribution in [0.15, 0.2) is 30.3 Å². The van der Waals surface area contributed by atoms with E-state index in [2.05, 4.69) is 0 Å². The van der Waals surface area contributed by atoms with Gasteiger partial charge in [0.15, 0.2) is 18.3 Å². The van der Waals surface area contributed by atoms with Crippen molar-refractivity contribution in [3.8, 4) is 0 Å². The Morgan fingerprint density at radius 3 is 2.23 bits per heavy atom. The second-order valence-corrected chi connectivity index (χ2v) is 7.03. The van der Waals surface area contributed by atoms with Crippen LogP contribution in [0.4, 0.5) is 0 Å². The molecule has 1 rings (SSSR count). The third-order valence-electron chi connectivity index (χ3n) is 3.50. The van der Waals surface area contributed by atoms with Crippen molar-refractivity contribution >= 4 is 17.7 Å². The molecular formula is C19H28N2O5. The standard InChI is InChI=1S/C19H28N2O5/c1-19(2,3)26-18(24)14(9-10-20)17(23)25-12-16(22)15(21)11-13-7-5-4-6-8-13/h4-8,14-15H,9-12,20-21H2,1-3H3. The summed E-state index contributed by atoms with van der Waals surface area (Å²) in [5.41, 5.74) is 11.5. The van der Waals surface area contributed by atoms with Gasteiger partial charge < -0.3 is 20.9 Å². The van der Waals surface area contributed by atoms with Gasteiger partial charge in [-0.2, -0.15) is 0 Å². The number of carbonyl (C=O) groups excluding carboxylic acids is 3. The molecule has 0 spiro atoms. The van der Waals surface area contributed by atoms with Crippen molar-refractivity contribution in [2.75, 3.05) is 13.2 Å². The molecular weight excluding hydrogens is 336 g/mol. The molecule has 4 N–H and O–H groups in total. The molecule has 0 saturated carbocycles.